The van der Waals surface area contributed by atoms with Crippen molar-refractivity contribution in [2.45, 2.75) is 44.9 Å². The van der Waals surface area contributed by atoms with Gasteiger partial charge in [0.25, 0.3) is 5.91 Å². The van der Waals surface area contributed by atoms with Gasteiger partial charge in [0.1, 0.15) is 17.7 Å². The fourth-order valence-corrected chi connectivity index (χ4v) is 5.34. The highest BCUT2D eigenvalue weighted by atomic mass is 19.4. The molecule has 37 heavy (non-hydrogen) atoms. The second kappa shape index (κ2) is 8.22. The molecule has 9 nitrogen and oxygen atoms in total. The summed E-state index contributed by atoms with van der Waals surface area (Å²) in [4.78, 5) is 20.6. The first-order valence-electron chi connectivity index (χ1n) is 11.9. The van der Waals surface area contributed by atoms with Crippen LogP contribution < -0.4 is 5.32 Å². The molecule has 1 N–H and O–H groups in total. The van der Waals surface area contributed by atoms with E-state index in [2.05, 4.69) is 15.6 Å². The van der Waals surface area contributed by atoms with Gasteiger partial charge >= 0.3 is 6.18 Å². The molecule has 0 radical (unpaired) electrons. The van der Waals surface area contributed by atoms with Crippen molar-refractivity contribution < 1.29 is 22.5 Å². The van der Waals surface area contributed by atoms with Gasteiger partial charge < -0.3 is 19.3 Å². The first-order chi connectivity index (χ1) is 17.6. The minimum Gasteiger partial charge on any atom is -0.359 e. The summed E-state index contributed by atoms with van der Waals surface area (Å²) in [5.74, 6) is 0.828. The van der Waals surface area contributed by atoms with Crippen LogP contribution in [-0.2, 0) is 18.0 Å². The SMILES string of the molecule is CC1=C(C(=O)N2CCC[C@H]2c2cc(C)no2)[C@H](c2nc3ccccc3n2C)n2nc(C(F)(F)F)cc2N1. The smallest absolute Gasteiger partial charge is 0.359 e. The van der Waals surface area contributed by atoms with Crippen LogP contribution in [0.1, 0.15) is 54.8 Å². The lowest BCUT2D eigenvalue weighted by molar-refractivity contribution is -0.141. The Morgan fingerprint density at radius 1 is 1.19 bits per heavy atom. The molecule has 12 heteroatoms. The molecule has 2 atom stereocenters. The molecule has 5 heterocycles. The summed E-state index contributed by atoms with van der Waals surface area (Å²) in [7, 11) is 1.79. The van der Waals surface area contributed by atoms with E-state index in [1.807, 2.05) is 31.2 Å². The molecule has 0 saturated carbocycles. The minimum atomic E-state index is -4.65. The van der Waals surface area contributed by atoms with E-state index < -0.39 is 17.9 Å². The summed E-state index contributed by atoms with van der Waals surface area (Å²) in [6.07, 6.45) is -3.19. The number of rotatable bonds is 3. The molecule has 1 amide bonds. The van der Waals surface area contributed by atoms with Crippen LogP contribution in [0.15, 0.2) is 52.2 Å². The zero-order valence-corrected chi connectivity index (χ0v) is 20.4. The number of allylic oxidation sites excluding steroid dienone is 1. The van der Waals surface area contributed by atoms with Crippen molar-refractivity contribution >= 4 is 22.8 Å². The van der Waals surface area contributed by atoms with Crippen LogP contribution in [-0.4, -0.2) is 41.8 Å². The quantitative estimate of drug-likeness (QED) is 0.427. The van der Waals surface area contributed by atoms with Crippen LogP contribution >= 0.6 is 0 Å². The molecule has 0 aliphatic carbocycles. The number of nitrogens with one attached hydrogen (secondary N) is 1. The van der Waals surface area contributed by atoms with Crippen molar-refractivity contribution in [2.75, 3.05) is 11.9 Å². The van der Waals surface area contributed by atoms with E-state index in [9.17, 15) is 18.0 Å². The summed E-state index contributed by atoms with van der Waals surface area (Å²) < 4.78 is 49.5. The fraction of sp³-hybridized carbons (Fsp3) is 0.360. The lowest BCUT2D eigenvalue weighted by atomic mass is 9.99. The zero-order chi connectivity index (χ0) is 26.1. The molecule has 2 aliphatic rings. The number of hydrogen-bond donors (Lipinski definition) is 1. The maximum absolute atomic E-state index is 14.2. The van der Waals surface area contributed by atoms with Crippen LogP contribution in [0.5, 0.6) is 0 Å². The molecule has 4 aromatic rings. The van der Waals surface area contributed by atoms with Crippen molar-refractivity contribution in [1.82, 2.24) is 29.4 Å². The van der Waals surface area contributed by atoms with E-state index in [4.69, 9.17) is 9.51 Å². The number of carbonyl (C=O) groups is 1. The number of nitrogens with zero attached hydrogens (tertiary/aromatic N) is 6. The van der Waals surface area contributed by atoms with Crippen molar-refractivity contribution in [3.63, 3.8) is 0 Å². The van der Waals surface area contributed by atoms with Crippen molar-refractivity contribution in [3.05, 3.63) is 70.6 Å². The third kappa shape index (κ3) is 3.69. The second-order valence-corrected chi connectivity index (χ2v) is 9.47. The molecule has 0 unspecified atom stereocenters. The molecule has 1 fully saturated rings. The largest absolute Gasteiger partial charge is 0.435 e. The van der Waals surface area contributed by atoms with E-state index in [1.54, 1.807) is 29.5 Å². The van der Waals surface area contributed by atoms with E-state index in [1.165, 1.54) is 4.68 Å². The van der Waals surface area contributed by atoms with Gasteiger partial charge in [-0.2, -0.15) is 18.3 Å². The molecule has 1 saturated heterocycles. The Morgan fingerprint density at radius 2 is 1.97 bits per heavy atom. The van der Waals surface area contributed by atoms with Gasteiger partial charge in [-0.05, 0) is 38.8 Å². The number of amides is 1. The zero-order valence-electron chi connectivity index (χ0n) is 20.4. The Kier molecular flexibility index (Phi) is 5.18. The number of para-hydroxylation sites is 2. The maximum atomic E-state index is 14.2. The van der Waals surface area contributed by atoms with Gasteiger partial charge in [0.2, 0.25) is 0 Å². The van der Waals surface area contributed by atoms with E-state index in [0.29, 0.717) is 41.5 Å². The Balaban J connectivity index is 1.51. The van der Waals surface area contributed by atoms with Gasteiger partial charge in [-0.25, -0.2) is 9.67 Å². The third-order valence-electron chi connectivity index (χ3n) is 7.05. The lowest BCUT2D eigenvalue weighted by Crippen LogP contribution is -2.38. The highest BCUT2D eigenvalue weighted by Crippen LogP contribution is 2.42. The van der Waals surface area contributed by atoms with Gasteiger partial charge in [0, 0.05) is 31.4 Å². The molecule has 6 rings (SSSR count). The first kappa shape index (κ1) is 23.3. The summed E-state index contributed by atoms with van der Waals surface area (Å²) in [5, 5.41) is 10.9. The topological polar surface area (TPSA) is 94.0 Å². The van der Waals surface area contributed by atoms with Gasteiger partial charge in [-0.15, -0.1) is 0 Å². The van der Waals surface area contributed by atoms with Crippen LogP contribution in [0.25, 0.3) is 11.0 Å². The number of aryl methyl sites for hydroxylation is 2. The average molecular weight is 512 g/mol. The predicted molar refractivity (Wildman–Crippen MR) is 127 cm³/mol. The number of likely N-dealkylation sites (tertiary alicyclic amines) is 1. The van der Waals surface area contributed by atoms with Gasteiger partial charge in [0.05, 0.1) is 28.3 Å². The first-order valence-corrected chi connectivity index (χ1v) is 11.9. The Hall–Kier alpha value is -4.09. The van der Waals surface area contributed by atoms with Crippen molar-refractivity contribution in [3.8, 4) is 0 Å². The third-order valence-corrected chi connectivity index (χ3v) is 7.05. The molecule has 2 aliphatic heterocycles. The second-order valence-electron chi connectivity index (χ2n) is 9.47. The number of benzene rings is 1. The highest BCUT2D eigenvalue weighted by molar-refractivity contribution is 5.97. The number of aromatic nitrogens is 5. The molecule has 3 aromatic heterocycles. The number of carbonyl (C=O) groups excluding carboxylic acids is 1. The van der Waals surface area contributed by atoms with Gasteiger partial charge in [-0.1, -0.05) is 17.3 Å². The molecular formula is C25H24F3N7O2. The molecule has 0 spiro atoms. The molecule has 0 bridgehead atoms. The number of anilines is 1. The van der Waals surface area contributed by atoms with Crippen LogP contribution in [0.2, 0.25) is 0 Å². The molecular weight excluding hydrogens is 487 g/mol. The predicted octanol–water partition coefficient (Wildman–Crippen LogP) is 4.74. The maximum Gasteiger partial charge on any atom is 0.435 e. The summed E-state index contributed by atoms with van der Waals surface area (Å²) in [5.41, 5.74) is 1.86. The summed E-state index contributed by atoms with van der Waals surface area (Å²) in [6, 6.07) is 8.86. The van der Waals surface area contributed by atoms with Gasteiger partial charge in [0.15, 0.2) is 11.5 Å². The van der Waals surface area contributed by atoms with Crippen LogP contribution in [0.4, 0.5) is 19.0 Å². The standard InChI is InChI=1S/C25H24F3N7O2/c1-13-11-18(37-32-13)17-9-6-10-34(17)24(36)21-14(2)29-20-12-19(25(26,27)28)31-35(20)22(21)23-30-15-7-4-5-8-16(15)33(23)3/h4-5,7-8,11-12,17,22,29H,6,9-10H2,1-3H3/t17-,22+/m0/s1. The van der Waals surface area contributed by atoms with Crippen LogP contribution in [0.3, 0.4) is 0 Å². The Bertz CT molecular complexity index is 1560. The van der Waals surface area contributed by atoms with Crippen molar-refractivity contribution in [2.24, 2.45) is 7.05 Å². The van der Waals surface area contributed by atoms with E-state index >= 15 is 0 Å². The van der Waals surface area contributed by atoms with Crippen molar-refractivity contribution in [1.29, 1.82) is 0 Å². The number of halogens is 3. The van der Waals surface area contributed by atoms with Gasteiger partial charge in [-0.3, -0.25) is 4.79 Å². The van der Waals surface area contributed by atoms with E-state index in [0.717, 1.165) is 18.0 Å². The molecule has 1 aromatic carbocycles. The number of alkyl halides is 3. The minimum absolute atomic E-state index is 0.141. The normalized spacial score (nSPS) is 20.0. The summed E-state index contributed by atoms with van der Waals surface area (Å²) in [6.45, 7) is 3.98. The summed E-state index contributed by atoms with van der Waals surface area (Å²) >= 11 is 0. The number of hydrogen-bond acceptors (Lipinski definition) is 6. The van der Waals surface area contributed by atoms with E-state index in [-0.39, 0.29) is 23.3 Å². The lowest BCUT2D eigenvalue weighted by Gasteiger charge is -2.32. The fourth-order valence-electron chi connectivity index (χ4n) is 5.34. The average Bonchev–Trinajstić information content (AvgIpc) is 3.63. The Morgan fingerprint density at radius 3 is 2.68 bits per heavy atom. The van der Waals surface area contributed by atoms with Crippen LogP contribution in [0, 0.1) is 6.92 Å². The Labute approximate surface area is 209 Å². The highest BCUT2D eigenvalue weighted by Gasteiger charge is 2.44. The monoisotopic (exact) mass is 511 g/mol. The molecule has 192 valence electrons. The number of imidazole rings is 1. The number of fused-ring (bicyclic) bond motifs is 2.